The minimum atomic E-state index is -3.86. The van der Waals surface area contributed by atoms with Gasteiger partial charge in [-0.1, -0.05) is 12.1 Å². The average molecular weight is 372 g/mol. The lowest BCUT2D eigenvalue weighted by Gasteiger charge is -2.21. The Bertz CT molecular complexity index is 921. The van der Waals surface area contributed by atoms with E-state index >= 15 is 0 Å². The van der Waals surface area contributed by atoms with Crippen molar-refractivity contribution in [2.24, 2.45) is 0 Å². The minimum absolute atomic E-state index is 0.0543. The van der Waals surface area contributed by atoms with Gasteiger partial charge in [-0.05, 0) is 36.8 Å². The summed E-state index contributed by atoms with van der Waals surface area (Å²) in [5.74, 6) is -0.280. The second-order valence-corrected chi connectivity index (χ2v) is 7.66. The molecule has 1 amide bonds. The molecule has 0 saturated carbocycles. The molecule has 1 heterocycles. The summed E-state index contributed by atoms with van der Waals surface area (Å²) >= 11 is 0. The summed E-state index contributed by atoms with van der Waals surface area (Å²) in [6, 6.07) is 11.8. The molecule has 0 aliphatic rings. The van der Waals surface area contributed by atoms with Crippen LogP contribution in [0.5, 0.6) is 0 Å². The lowest BCUT2D eigenvalue weighted by atomic mass is 10.2. The molecular formula is C18H20N4O3S. The number of hydrogen-bond acceptors (Lipinski definition) is 5. The van der Waals surface area contributed by atoms with Gasteiger partial charge in [0.1, 0.15) is 0 Å². The van der Waals surface area contributed by atoms with Crippen LogP contribution in [0.3, 0.4) is 0 Å². The number of anilines is 1. The van der Waals surface area contributed by atoms with E-state index in [1.807, 2.05) is 6.07 Å². The molecule has 0 fully saturated rings. The molecule has 0 unspecified atom stereocenters. The van der Waals surface area contributed by atoms with E-state index in [0.717, 1.165) is 5.56 Å². The van der Waals surface area contributed by atoms with Crippen LogP contribution in [0.25, 0.3) is 0 Å². The van der Waals surface area contributed by atoms with Crippen molar-refractivity contribution in [2.75, 3.05) is 11.9 Å². The second kappa shape index (κ2) is 8.56. The molecule has 1 aromatic heterocycles. The van der Waals surface area contributed by atoms with Crippen LogP contribution in [0, 0.1) is 18.3 Å². The van der Waals surface area contributed by atoms with E-state index in [0.29, 0.717) is 11.4 Å². The molecule has 1 aromatic carbocycles. The van der Waals surface area contributed by atoms with Crippen LogP contribution in [0.1, 0.15) is 24.6 Å². The predicted molar refractivity (Wildman–Crippen MR) is 97.5 cm³/mol. The number of aryl methyl sites for hydroxylation is 1. The van der Waals surface area contributed by atoms with E-state index in [2.05, 4.69) is 10.3 Å². The van der Waals surface area contributed by atoms with E-state index in [4.69, 9.17) is 5.26 Å². The third kappa shape index (κ3) is 4.88. The minimum Gasteiger partial charge on any atom is -0.326 e. The molecule has 0 spiro atoms. The number of nitrogens with one attached hydrogen (secondary N) is 1. The second-order valence-electron chi connectivity index (χ2n) is 5.73. The number of carbonyl (C=O) groups excluding carboxylic acids is 1. The van der Waals surface area contributed by atoms with Crippen LogP contribution in [-0.4, -0.2) is 30.2 Å². The summed E-state index contributed by atoms with van der Waals surface area (Å²) in [5, 5.41) is 11.5. The summed E-state index contributed by atoms with van der Waals surface area (Å²) in [4.78, 5) is 15.5. The van der Waals surface area contributed by atoms with Gasteiger partial charge in [0.2, 0.25) is 15.9 Å². The molecule has 0 aliphatic carbocycles. The van der Waals surface area contributed by atoms with Crippen molar-refractivity contribution >= 4 is 21.6 Å². The zero-order chi connectivity index (χ0) is 19.2. The number of nitrogens with zero attached hydrogens (tertiary/aromatic N) is 3. The van der Waals surface area contributed by atoms with Crippen molar-refractivity contribution in [1.29, 1.82) is 5.26 Å². The van der Waals surface area contributed by atoms with Crippen molar-refractivity contribution in [3.05, 3.63) is 53.9 Å². The Morgan fingerprint density at radius 1 is 1.31 bits per heavy atom. The number of sulfonamides is 1. The number of nitriles is 1. The van der Waals surface area contributed by atoms with Gasteiger partial charge in [-0.3, -0.25) is 9.78 Å². The van der Waals surface area contributed by atoms with E-state index < -0.39 is 10.0 Å². The Balaban J connectivity index is 2.39. The summed E-state index contributed by atoms with van der Waals surface area (Å²) < 4.78 is 27.4. The van der Waals surface area contributed by atoms with Gasteiger partial charge in [0.25, 0.3) is 0 Å². The van der Waals surface area contributed by atoms with E-state index in [1.54, 1.807) is 37.4 Å². The number of benzene rings is 1. The van der Waals surface area contributed by atoms with Crippen molar-refractivity contribution in [2.45, 2.75) is 31.7 Å². The lowest BCUT2D eigenvalue weighted by molar-refractivity contribution is -0.114. The maximum Gasteiger partial charge on any atom is 0.243 e. The maximum atomic E-state index is 13.1. The van der Waals surface area contributed by atoms with Crippen molar-refractivity contribution < 1.29 is 13.2 Å². The Morgan fingerprint density at radius 3 is 2.69 bits per heavy atom. The van der Waals surface area contributed by atoms with Gasteiger partial charge in [0, 0.05) is 31.8 Å². The van der Waals surface area contributed by atoms with Crippen molar-refractivity contribution in [3.63, 3.8) is 0 Å². The van der Waals surface area contributed by atoms with Crippen LogP contribution in [0.2, 0.25) is 0 Å². The smallest absolute Gasteiger partial charge is 0.243 e. The fourth-order valence-corrected chi connectivity index (χ4v) is 3.81. The molecule has 8 heteroatoms. The Morgan fingerprint density at radius 2 is 2.08 bits per heavy atom. The largest absolute Gasteiger partial charge is 0.326 e. The normalized spacial score (nSPS) is 11.2. The van der Waals surface area contributed by atoms with E-state index in [1.165, 1.54) is 23.4 Å². The summed E-state index contributed by atoms with van der Waals surface area (Å²) in [7, 11) is -3.86. The molecule has 0 radical (unpaired) electrons. The van der Waals surface area contributed by atoms with Crippen LogP contribution >= 0.6 is 0 Å². The van der Waals surface area contributed by atoms with E-state index in [9.17, 15) is 13.2 Å². The van der Waals surface area contributed by atoms with Gasteiger partial charge in [-0.25, -0.2) is 8.42 Å². The highest BCUT2D eigenvalue weighted by Crippen LogP contribution is 2.24. The van der Waals surface area contributed by atoms with E-state index in [-0.39, 0.29) is 30.3 Å². The predicted octanol–water partition coefficient (Wildman–Crippen LogP) is 2.45. The van der Waals surface area contributed by atoms with Gasteiger partial charge in [-0.2, -0.15) is 9.57 Å². The molecular weight excluding hydrogens is 352 g/mol. The first-order valence-electron chi connectivity index (χ1n) is 8.00. The highest BCUT2D eigenvalue weighted by molar-refractivity contribution is 7.89. The summed E-state index contributed by atoms with van der Waals surface area (Å²) in [5.41, 5.74) is 1.78. The quantitative estimate of drug-likeness (QED) is 0.804. The number of carbonyl (C=O) groups is 1. The number of amides is 1. The first-order valence-corrected chi connectivity index (χ1v) is 9.44. The Labute approximate surface area is 153 Å². The van der Waals surface area contributed by atoms with Crippen LogP contribution < -0.4 is 5.32 Å². The third-order valence-corrected chi connectivity index (χ3v) is 5.54. The maximum absolute atomic E-state index is 13.1. The SMILES string of the molecule is CC(=O)Nc1cc(S(=O)(=O)N(CCC#N)Cc2ccccn2)ccc1C. The van der Waals surface area contributed by atoms with Crippen LogP contribution in [0.15, 0.2) is 47.5 Å². The highest BCUT2D eigenvalue weighted by Gasteiger charge is 2.25. The Hall–Kier alpha value is -2.76. The number of aromatic nitrogens is 1. The standard InChI is InChI=1S/C18H20N4O3S/c1-14-7-8-17(12-18(14)21-15(2)23)26(24,25)22(11-5-9-19)13-16-6-3-4-10-20-16/h3-4,6-8,10,12H,5,11,13H2,1-2H3,(H,21,23). The topological polar surface area (TPSA) is 103 Å². The molecule has 2 rings (SSSR count). The van der Waals surface area contributed by atoms with Gasteiger partial charge in [0.15, 0.2) is 0 Å². The van der Waals surface area contributed by atoms with Gasteiger partial charge in [0.05, 0.1) is 23.2 Å². The molecule has 7 nitrogen and oxygen atoms in total. The van der Waals surface area contributed by atoms with Crippen molar-refractivity contribution in [1.82, 2.24) is 9.29 Å². The third-order valence-electron chi connectivity index (χ3n) is 3.70. The number of pyridine rings is 1. The average Bonchev–Trinajstić information content (AvgIpc) is 2.60. The zero-order valence-electron chi connectivity index (χ0n) is 14.6. The molecule has 0 saturated heterocycles. The molecule has 26 heavy (non-hydrogen) atoms. The lowest BCUT2D eigenvalue weighted by Crippen LogP contribution is -2.32. The molecule has 1 N–H and O–H groups in total. The molecule has 0 atom stereocenters. The first kappa shape index (κ1) is 19.6. The monoisotopic (exact) mass is 372 g/mol. The molecule has 2 aromatic rings. The number of hydrogen-bond donors (Lipinski definition) is 1. The molecule has 0 aliphatic heterocycles. The fourth-order valence-electron chi connectivity index (χ4n) is 2.37. The van der Waals surface area contributed by atoms with Gasteiger partial charge < -0.3 is 5.32 Å². The van der Waals surface area contributed by atoms with Gasteiger partial charge >= 0.3 is 0 Å². The van der Waals surface area contributed by atoms with Crippen LogP contribution in [0.4, 0.5) is 5.69 Å². The summed E-state index contributed by atoms with van der Waals surface area (Å²) in [6.45, 7) is 3.26. The first-order chi connectivity index (χ1) is 12.3. The zero-order valence-corrected chi connectivity index (χ0v) is 15.5. The fraction of sp³-hybridized carbons (Fsp3) is 0.278. The molecule has 0 bridgehead atoms. The van der Waals surface area contributed by atoms with Crippen molar-refractivity contribution in [3.8, 4) is 6.07 Å². The highest BCUT2D eigenvalue weighted by atomic mass is 32.2. The van der Waals surface area contributed by atoms with Gasteiger partial charge in [-0.15, -0.1) is 0 Å². The summed E-state index contributed by atoms with van der Waals surface area (Å²) in [6.07, 6.45) is 1.65. The number of rotatable bonds is 7. The van der Waals surface area contributed by atoms with Crippen LogP contribution in [-0.2, 0) is 21.4 Å². The molecule has 136 valence electrons. The Kier molecular flexibility index (Phi) is 6.44.